The number of ether oxygens (including phenoxy) is 2. The molecule has 2 aromatic rings. The molecule has 0 bridgehead atoms. The third kappa shape index (κ3) is 2.98. The van der Waals surface area contributed by atoms with Crippen molar-refractivity contribution in [2.75, 3.05) is 14.2 Å². The molecule has 0 saturated carbocycles. The Morgan fingerprint density at radius 1 is 1.20 bits per heavy atom. The quantitative estimate of drug-likeness (QED) is 0.571. The summed E-state index contributed by atoms with van der Waals surface area (Å²) in [6.45, 7) is 2.04. The second kappa shape index (κ2) is 6.58. The minimum atomic E-state index is 0.463. The molecular weight excluding hydrogens is 391 g/mol. The SMILES string of the molecule is CCc1nc(-c2ccc(OC)cc2OC)nc(Cl)c1I. The highest BCUT2D eigenvalue weighted by molar-refractivity contribution is 14.1. The van der Waals surface area contributed by atoms with Gasteiger partial charge in [-0.3, -0.25) is 0 Å². The van der Waals surface area contributed by atoms with Crippen LogP contribution in [0.25, 0.3) is 11.4 Å². The van der Waals surface area contributed by atoms with Crippen LogP contribution in [0.5, 0.6) is 11.5 Å². The van der Waals surface area contributed by atoms with Gasteiger partial charge in [0.15, 0.2) is 5.82 Å². The van der Waals surface area contributed by atoms with Crippen LogP contribution >= 0.6 is 34.2 Å². The molecule has 0 radical (unpaired) electrons. The molecule has 1 aromatic carbocycles. The van der Waals surface area contributed by atoms with Gasteiger partial charge in [0.1, 0.15) is 16.7 Å². The Balaban J connectivity index is 2.59. The van der Waals surface area contributed by atoms with Gasteiger partial charge in [-0.2, -0.15) is 0 Å². The van der Waals surface area contributed by atoms with Crippen molar-refractivity contribution in [3.8, 4) is 22.9 Å². The summed E-state index contributed by atoms with van der Waals surface area (Å²) >= 11 is 8.34. The monoisotopic (exact) mass is 404 g/mol. The summed E-state index contributed by atoms with van der Waals surface area (Å²) in [6.07, 6.45) is 0.798. The maximum absolute atomic E-state index is 6.18. The second-order valence-corrected chi connectivity index (χ2v) is 5.46. The molecule has 0 unspecified atom stereocenters. The molecule has 106 valence electrons. The number of methoxy groups -OCH3 is 2. The molecule has 0 aliphatic carbocycles. The molecule has 2 rings (SSSR count). The maximum atomic E-state index is 6.18. The third-order valence-corrected chi connectivity index (χ3v) is 4.59. The van der Waals surface area contributed by atoms with E-state index in [1.807, 2.05) is 19.1 Å². The van der Waals surface area contributed by atoms with Gasteiger partial charge in [-0.1, -0.05) is 18.5 Å². The van der Waals surface area contributed by atoms with Crippen LogP contribution in [-0.2, 0) is 6.42 Å². The normalized spacial score (nSPS) is 10.4. The van der Waals surface area contributed by atoms with Gasteiger partial charge in [-0.15, -0.1) is 0 Å². The lowest BCUT2D eigenvalue weighted by Crippen LogP contribution is -2.01. The van der Waals surface area contributed by atoms with Crippen molar-refractivity contribution in [3.05, 3.63) is 32.6 Å². The van der Waals surface area contributed by atoms with Crippen molar-refractivity contribution >= 4 is 34.2 Å². The van der Waals surface area contributed by atoms with Gasteiger partial charge in [0, 0.05) is 6.07 Å². The molecule has 0 spiro atoms. The summed E-state index contributed by atoms with van der Waals surface area (Å²) in [5.41, 5.74) is 1.72. The van der Waals surface area contributed by atoms with Crippen LogP contribution in [0.3, 0.4) is 0 Å². The minimum Gasteiger partial charge on any atom is -0.497 e. The summed E-state index contributed by atoms with van der Waals surface area (Å²) in [7, 11) is 3.22. The maximum Gasteiger partial charge on any atom is 0.164 e. The van der Waals surface area contributed by atoms with E-state index in [0.29, 0.717) is 16.7 Å². The fraction of sp³-hybridized carbons (Fsp3) is 0.286. The van der Waals surface area contributed by atoms with Crippen molar-refractivity contribution in [1.82, 2.24) is 9.97 Å². The zero-order valence-electron chi connectivity index (χ0n) is 11.4. The molecular formula is C14H14ClIN2O2. The number of hydrogen-bond acceptors (Lipinski definition) is 4. The molecule has 0 aliphatic rings. The van der Waals surface area contributed by atoms with Crippen LogP contribution in [-0.4, -0.2) is 24.2 Å². The van der Waals surface area contributed by atoms with Gasteiger partial charge in [0.25, 0.3) is 0 Å². The van der Waals surface area contributed by atoms with E-state index in [0.717, 1.165) is 27.0 Å². The van der Waals surface area contributed by atoms with Crippen molar-refractivity contribution < 1.29 is 9.47 Å². The number of aromatic nitrogens is 2. The first kappa shape index (κ1) is 15.3. The van der Waals surface area contributed by atoms with E-state index in [9.17, 15) is 0 Å². The van der Waals surface area contributed by atoms with E-state index >= 15 is 0 Å². The Morgan fingerprint density at radius 3 is 2.55 bits per heavy atom. The molecule has 6 heteroatoms. The topological polar surface area (TPSA) is 44.2 Å². The molecule has 20 heavy (non-hydrogen) atoms. The molecule has 0 saturated heterocycles. The predicted molar refractivity (Wildman–Crippen MR) is 87.7 cm³/mol. The summed E-state index contributed by atoms with van der Waals surface area (Å²) in [6, 6.07) is 5.52. The number of benzene rings is 1. The lowest BCUT2D eigenvalue weighted by Gasteiger charge is -2.11. The summed E-state index contributed by atoms with van der Waals surface area (Å²) < 4.78 is 11.5. The van der Waals surface area contributed by atoms with E-state index in [4.69, 9.17) is 21.1 Å². The zero-order valence-corrected chi connectivity index (χ0v) is 14.3. The highest BCUT2D eigenvalue weighted by atomic mass is 127. The molecule has 1 aromatic heterocycles. The Kier molecular flexibility index (Phi) is 5.04. The van der Waals surface area contributed by atoms with Gasteiger partial charge < -0.3 is 9.47 Å². The van der Waals surface area contributed by atoms with Crippen LogP contribution in [0, 0.1) is 3.57 Å². The number of hydrogen-bond donors (Lipinski definition) is 0. The Bertz CT molecular complexity index is 635. The predicted octanol–water partition coefficient (Wildman–Crippen LogP) is 3.98. The largest absolute Gasteiger partial charge is 0.497 e. The van der Waals surface area contributed by atoms with Crippen LogP contribution < -0.4 is 9.47 Å². The van der Waals surface area contributed by atoms with Crippen LogP contribution in [0.1, 0.15) is 12.6 Å². The molecule has 0 fully saturated rings. The summed E-state index contributed by atoms with van der Waals surface area (Å²) in [4.78, 5) is 8.90. The molecule has 0 atom stereocenters. The van der Waals surface area contributed by atoms with Crippen molar-refractivity contribution in [2.45, 2.75) is 13.3 Å². The van der Waals surface area contributed by atoms with Gasteiger partial charge >= 0.3 is 0 Å². The van der Waals surface area contributed by atoms with Crippen molar-refractivity contribution in [1.29, 1.82) is 0 Å². The Hall–Kier alpha value is -1.08. The smallest absolute Gasteiger partial charge is 0.164 e. The minimum absolute atomic E-state index is 0.463. The standard InChI is InChI=1S/C14H14ClIN2O2/c1-4-10-12(16)13(15)18-14(17-10)9-6-5-8(19-2)7-11(9)20-3/h5-7H,4H2,1-3H3. The molecule has 1 heterocycles. The first-order valence-electron chi connectivity index (χ1n) is 6.05. The van der Waals surface area contributed by atoms with Gasteiger partial charge in [0.2, 0.25) is 0 Å². The number of aryl methyl sites for hydroxylation is 1. The van der Waals surface area contributed by atoms with Crippen LogP contribution in [0.15, 0.2) is 18.2 Å². The second-order valence-electron chi connectivity index (χ2n) is 4.02. The highest BCUT2D eigenvalue weighted by Crippen LogP contribution is 2.33. The van der Waals surface area contributed by atoms with Crippen LogP contribution in [0.4, 0.5) is 0 Å². The van der Waals surface area contributed by atoms with Gasteiger partial charge in [0.05, 0.1) is 29.0 Å². The highest BCUT2D eigenvalue weighted by Gasteiger charge is 2.14. The molecule has 0 N–H and O–H groups in total. The Morgan fingerprint density at radius 2 is 1.95 bits per heavy atom. The lowest BCUT2D eigenvalue weighted by molar-refractivity contribution is 0.395. The molecule has 0 aliphatic heterocycles. The molecule has 4 nitrogen and oxygen atoms in total. The van der Waals surface area contributed by atoms with E-state index in [-0.39, 0.29) is 0 Å². The zero-order chi connectivity index (χ0) is 14.7. The number of rotatable bonds is 4. The summed E-state index contributed by atoms with van der Waals surface area (Å²) in [5.74, 6) is 1.94. The fourth-order valence-electron chi connectivity index (χ4n) is 1.80. The van der Waals surface area contributed by atoms with Gasteiger partial charge in [-0.25, -0.2) is 9.97 Å². The summed E-state index contributed by atoms with van der Waals surface area (Å²) in [5, 5.41) is 0.463. The lowest BCUT2D eigenvalue weighted by atomic mass is 10.1. The average Bonchev–Trinajstić information content (AvgIpc) is 2.49. The van der Waals surface area contributed by atoms with E-state index in [1.165, 1.54) is 0 Å². The third-order valence-electron chi connectivity index (χ3n) is 2.86. The average molecular weight is 405 g/mol. The van der Waals surface area contributed by atoms with Crippen LogP contribution in [0.2, 0.25) is 5.15 Å². The fourth-order valence-corrected chi connectivity index (χ4v) is 2.61. The van der Waals surface area contributed by atoms with Crippen molar-refractivity contribution in [2.24, 2.45) is 0 Å². The number of halogens is 2. The van der Waals surface area contributed by atoms with E-state index in [2.05, 4.69) is 32.6 Å². The first-order chi connectivity index (χ1) is 9.60. The molecule has 0 amide bonds. The number of nitrogens with zero attached hydrogens (tertiary/aromatic N) is 2. The Labute approximate surface area is 136 Å². The van der Waals surface area contributed by atoms with E-state index < -0.39 is 0 Å². The first-order valence-corrected chi connectivity index (χ1v) is 7.50. The van der Waals surface area contributed by atoms with E-state index in [1.54, 1.807) is 20.3 Å². The van der Waals surface area contributed by atoms with Gasteiger partial charge in [-0.05, 0) is 41.1 Å². The van der Waals surface area contributed by atoms with Crippen molar-refractivity contribution in [3.63, 3.8) is 0 Å².